The van der Waals surface area contributed by atoms with Gasteiger partial charge in [-0.1, -0.05) is 53.5 Å². The maximum atomic E-state index is 14.0. The fourth-order valence-electron chi connectivity index (χ4n) is 3.95. The molecule has 1 fully saturated rings. The number of nitrogens with zero attached hydrogens (tertiary/aromatic N) is 3. The van der Waals surface area contributed by atoms with Gasteiger partial charge in [-0.2, -0.15) is 9.37 Å². The van der Waals surface area contributed by atoms with Crippen molar-refractivity contribution in [2.75, 3.05) is 20.6 Å². The fraction of sp³-hybridized carbons (Fsp3) is 0.480. The molecular formula is C25H31Cl2N3O7S2. The van der Waals surface area contributed by atoms with Crippen molar-refractivity contribution in [3.63, 3.8) is 0 Å². The van der Waals surface area contributed by atoms with Gasteiger partial charge in [0.05, 0.1) is 4.34 Å². The van der Waals surface area contributed by atoms with E-state index in [2.05, 4.69) is 0 Å². The lowest BCUT2D eigenvalue weighted by atomic mass is 10.0. The molecule has 0 aliphatic carbocycles. The maximum absolute atomic E-state index is 14.0. The number of hydrogen-bond donors (Lipinski definition) is 0. The predicted octanol–water partition coefficient (Wildman–Crippen LogP) is 4.60. The molecule has 0 radical (unpaired) electrons. The van der Waals surface area contributed by atoms with Crippen LogP contribution in [0.2, 0.25) is 8.67 Å². The molecule has 14 heteroatoms. The zero-order valence-electron chi connectivity index (χ0n) is 22.2. The summed E-state index contributed by atoms with van der Waals surface area (Å²) in [6.07, 6.45) is -0.481. The first-order chi connectivity index (χ1) is 18.1. The highest BCUT2D eigenvalue weighted by molar-refractivity contribution is 7.89. The van der Waals surface area contributed by atoms with Crippen LogP contribution in [0, 0.1) is 0 Å². The summed E-state index contributed by atoms with van der Waals surface area (Å²) in [6.45, 7) is 5.03. The number of esters is 1. The average Bonchev–Trinajstić information content (AvgIpc) is 3.47. The Labute approximate surface area is 242 Å². The van der Waals surface area contributed by atoms with E-state index in [0.29, 0.717) is 17.0 Å². The first-order valence-corrected chi connectivity index (χ1v) is 15.1. The Morgan fingerprint density at radius 1 is 1.15 bits per heavy atom. The van der Waals surface area contributed by atoms with E-state index >= 15 is 0 Å². The molecule has 39 heavy (non-hydrogen) atoms. The summed E-state index contributed by atoms with van der Waals surface area (Å²) in [5.74, 6) is -1.69. The van der Waals surface area contributed by atoms with Crippen molar-refractivity contribution < 1.29 is 32.4 Å². The number of amides is 2. The Kier molecular flexibility index (Phi) is 9.92. The number of hydroxylamine groups is 2. The number of carbonyl (C=O) groups is 3. The Morgan fingerprint density at radius 3 is 2.33 bits per heavy atom. The minimum atomic E-state index is -4.24. The van der Waals surface area contributed by atoms with Gasteiger partial charge < -0.3 is 14.5 Å². The third kappa shape index (κ3) is 7.63. The summed E-state index contributed by atoms with van der Waals surface area (Å²) in [5, 5.41) is 0.657. The van der Waals surface area contributed by atoms with Gasteiger partial charge in [0.25, 0.3) is 5.91 Å². The van der Waals surface area contributed by atoms with Gasteiger partial charge in [-0.3, -0.25) is 4.79 Å². The Hall–Kier alpha value is -2.38. The fourth-order valence-corrected chi connectivity index (χ4v) is 7.71. The summed E-state index contributed by atoms with van der Waals surface area (Å²) in [5.41, 5.74) is -0.244. The largest absolute Gasteiger partial charge is 0.458 e. The molecule has 2 amide bonds. The number of thiophene rings is 1. The van der Waals surface area contributed by atoms with Crippen LogP contribution in [0.15, 0.2) is 41.3 Å². The van der Waals surface area contributed by atoms with Gasteiger partial charge in [0, 0.05) is 27.1 Å². The molecule has 0 unspecified atom stereocenters. The summed E-state index contributed by atoms with van der Waals surface area (Å²) in [4.78, 5) is 46.5. The van der Waals surface area contributed by atoms with Crippen molar-refractivity contribution >= 4 is 62.5 Å². The highest BCUT2D eigenvalue weighted by atomic mass is 35.5. The minimum Gasteiger partial charge on any atom is -0.458 e. The zero-order valence-corrected chi connectivity index (χ0v) is 25.4. The Bertz CT molecular complexity index is 1310. The van der Waals surface area contributed by atoms with E-state index in [1.54, 1.807) is 51.1 Å². The Balaban J connectivity index is 2.05. The van der Waals surface area contributed by atoms with E-state index in [-0.39, 0.29) is 33.0 Å². The predicted molar refractivity (Wildman–Crippen MR) is 148 cm³/mol. The molecule has 2 heterocycles. The highest BCUT2D eigenvalue weighted by Crippen LogP contribution is 2.38. The molecule has 1 aromatic heterocycles. The van der Waals surface area contributed by atoms with Gasteiger partial charge in [-0.25, -0.2) is 18.0 Å². The maximum Gasteiger partial charge on any atom is 0.433 e. The molecule has 1 saturated heterocycles. The summed E-state index contributed by atoms with van der Waals surface area (Å²) < 4.78 is 33.8. The summed E-state index contributed by atoms with van der Waals surface area (Å²) in [6, 6.07) is 7.40. The molecule has 1 aliphatic heterocycles. The van der Waals surface area contributed by atoms with Crippen LogP contribution in [0.5, 0.6) is 0 Å². The van der Waals surface area contributed by atoms with Crippen LogP contribution in [0.3, 0.4) is 0 Å². The van der Waals surface area contributed by atoms with Crippen molar-refractivity contribution in [1.29, 1.82) is 0 Å². The molecule has 0 saturated carbocycles. The number of carbonyl (C=O) groups excluding carboxylic acids is 3. The molecular weight excluding hydrogens is 589 g/mol. The third-order valence-corrected chi connectivity index (χ3v) is 9.35. The minimum absolute atomic E-state index is 0.0216. The van der Waals surface area contributed by atoms with Gasteiger partial charge in [0.2, 0.25) is 10.0 Å². The molecule has 0 spiro atoms. The van der Waals surface area contributed by atoms with Gasteiger partial charge in [-0.15, -0.1) is 11.3 Å². The second-order valence-electron chi connectivity index (χ2n) is 10.1. The van der Waals surface area contributed by atoms with Crippen LogP contribution in [-0.2, 0) is 35.6 Å². The van der Waals surface area contributed by atoms with Crippen LogP contribution in [-0.4, -0.2) is 79.0 Å². The molecule has 2 atom stereocenters. The lowest BCUT2D eigenvalue weighted by Gasteiger charge is -2.34. The van der Waals surface area contributed by atoms with Crippen molar-refractivity contribution in [2.24, 2.45) is 0 Å². The number of halogens is 2. The number of sulfonamides is 1. The number of rotatable bonds is 7. The molecule has 3 rings (SSSR count). The molecule has 10 nitrogen and oxygen atoms in total. The van der Waals surface area contributed by atoms with Crippen molar-refractivity contribution in [2.45, 2.75) is 62.6 Å². The topological polar surface area (TPSA) is 114 Å². The number of benzene rings is 1. The van der Waals surface area contributed by atoms with Crippen molar-refractivity contribution in [3.05, 3.63) is 50.6 Å². The van der Waals surface area contributed by atoms with Crippen LogP contribution in [0.1, 0.15) is 39.2 Å². The lowest BCUT2D eigenvalue weighted by Crippen LogP contribution is -2.56. The highest BCUT2D eigenvalue weighted by Gasteiger charge is 2.47. The summed E-state index contributed by atoms with van der Waals surface area (Å²) >= 11 is 13.0. The third-order valence-electron chi connectivity index (χ3n) is 5.69. The zero-order chi connectivity index (χ0) is 29.1. The molecule has 0 N–H and O–H groups in total. The lowest BCUT2D eigenvalue weighted by molar-refractivity contribution is -0.197. The molecule has 1 aliphatic rings. The first kappa shape index (κ1) is 31.2. The van der Waals surface area contributed by atoms with Gasteiger partial charge in [-0.05, 0) is 45.2 Å². The standard InChI is InChI=1S/C25H31Cl2N3O7S2/c1-25(2,3)36-23(32)18(14-16-10-7-6-8-11-16)30(37-24(33)28(4)5)22(31)17-12-9-13-29(17)39(34,35)19-15-20(26)38-21(19)27/h6-8,10-11,15,17-18H,9,12-14H2,1-5H3/t17-,18-/m0/s1. The van der Waals surface area contributed by atoms with Gasteiger partial charge in [0.15, 0.2) is 6.04 Å². The smallest absolute Gasteiger partial charge is 0.433 e. The van der Waals surface area contributed by atoms with Gasteiger partial charge >= 0.3 is 12.1 Å². The van der Waals surface area contributed by atoms with Crippen LogP contribution in [0.4, 0.5) is 4.79 Å². The van der Waals surface area contributed by atoms with Crippen LogP contribution in [0.25, 0.3) is 0 Å². The Morgan fingerprint density at radius 2 is 1.79 bits per heavy atom. The SMILES string of the molecule is CN(C)C(=O)ON(C(=O)[C@@H]1CCCN1S(=O)(=O)c1cc(Cl)sc1Cl)[C@@H](Cc1ccccc1)C(=O)OC(C)(C)C. The van der Waals surface area contributed by atoms with E-state index in [1.165, 1.54) is 20.2 Å². The number of hydrogen-bond acceptors (Lipinski definition) is 8. The normalized spacial score (nSPS) is 16.9. The second kappa shape index (κ2) is 12.4. The van der Waals surface area contributed by atoms with E-state index in [9.17, 15) is 22.8 Å². The van der Waals surface area contributed by atoms with E-state index < -0.39 is 45.7 Å². The van der Waals surface area contributed by atoms with Crippen molar-refractivity contribution in [3.8, 4) is 0 Å². The van der Waals surface area contributed by atoms with E-state index in [1.807, 2.05) is 0 Å². The first-order valence-electron chi connectivity index (χ1n) is 12.1. The van der Waals surface area contributed by atoms with Gasteiger partial charge in [0.1, 0.15) is 20.9 Å². The summed E-state index contributed by atoms with van der Waals surface area (Å²) in [7, 11) is -1.41. The second-order valence-corrected chi connectivity index (χ2v) is 14.3. The average molecular weight is 621 g/mol. The van der Waals surface area contributed by atoms with E-state index in [0.717, 1.165) is 20.5 Å². The molecule has 214 valence electrons. The van der Waals surface area contributed by atoms with E-state index in [4.69, 9.17) is 32.8 Å². The quantitative estimate of drug-likeness (QED) is 0.328. The van der Waals surface area contributed by atoms with Crippen LogP contribution >= 0.6 is 34.5 Å². The molecule has 1 aromatic carbocycles. The monoisotopic (exact) mass is 619 g/mol. The number of ether oxygens (including phenoxy) is 1. The van der Waals surface area contributed by atoms with Crippen LogP contribution < -0.4 is 0 Å². The molecule has 0 bridgehead atoms. The molecule has 2 aromatic rings. The van der Waals surface area contributed by atoms with Crippen molar-refractivity contribution in [1.82, 2.24) is 14.3 Å².